The summed E-state index contributed by atoms with van der Waals surface area (Å²) in [6.07, 6.45) is 3.36. The Hall–Kier alpha value is -2.87. The topological polar surface area (TPSA) is 49.6 Å². The van der Waals surface area contributed by atoms with Gasteiger partial charge in [-0.2, -0.15) is 14.0 Å². The van der Waals surface area contributed by atoms with Crippen LogP contribution in [0.25, 0.3) is 11.1 Å². The van der Waals surface area contributed by atoms with Crippen LogP contribution >= 0.6 is 0 Å². The summed E-state index contributed by atoms with van der Waals surface area (Å²) in [7, 11) is 0. The fourth-order valence-corrected chi connectivity index (χ4v) is 2.25. The van der Waals surface area contributed by atoms with E-state index in [4.69, 9.17) is 0 Å². The molecule has 0 aliphatic rings. The molecule has 0 aromatic carbocycles. The fraction of sp³-hybridized carbons (Fsp3) is 0.211. The van der Waals surface area contributed by atoms with Crippen molar-refractivity contribution in [2.45, 2.75) is 26.7 Å². The average Bonchev–Trinajstić information content (AvgIpc) is 2.57. The van der Waals surface area contributed by atoms with Gasteiger partial charge in [0.1, 0.15) is 6.07 Å². The summed E-state index contributed by atoms with van der Waals surface area (Å²) in [5.41, 5.74) is 3.08. The van der Waals surface area contributed by atoms with Crippen LogP contribution in [-0.2, 0) is 5.92 Å². The van der Waals surface area contributed by atoms with E-state index >= 15 is 0 Å². The largest absolute Gasteiger partial charge is 0.292 e. The Morgan fingerprint density at radius 2 is 1.96 bits per heavy atom. The maximum absolute atomic E-state index is 13.9. The molecule has 0 unspecified atom stereocenters. The molecular formula is C19H17F2N3. The maximum atomic E-state index is 13.9. The summed E-state index contributed by atoms with van der Waals surface area (Å²) >= 11 is 0. The normalized spacial score (nSPS) is 12.3. The molecular weight excluding hydrogens is 308 g/mol. The van der Waals surface area contributed by atoms with Gasteiger partial charge in [-0.3, -0.25) is 9.97 Å². The molecule has 122 valence electrons. The molecule has 2 heterocycles. The number of nitriles is 1. The minimum Gasteiger partial charge on any atom is -0.260 e. The first-order valence-electron chi connectivity index (χ1n) is 7.33. The zero-order valence-corrected chi connectivity index (χ0v) is 13.8. The third kappa shape index (κ3) is 3.38. The third-order valence-corrected chi connectivity index (χ3v) is 3.78. The SMILES string of the molecule is C=CC(F)(F)c1cnc(C)c(/C(C#N)=C(\C)c2ccc(C)cn2)c1. The van der Waals surface area contributed by atoms with Crippen molar-refractivity contribution in [1.29, 1.82) is 5.26 Å². The van der Waals surface area contributed by atoms with Crippen molar-refractivity contribution in [2.24, 2.45) is 0 Å². The lowest BCUT2D eigenvalue weighted by atomic mass is 9.96. The van der Waals surface area contributed by atoms with E-state index in [1.807, 2.05) is 13.0 Å². The molecule has 0 amide bonds. The van der Waals surface area contributed by atoms with E-state index in [2.05, 4.69) is 22.6 Å². The molecule has 0 fully saturated rings. The van der Waals surface area contributed by atoms with E-state index < -0.39 is 5.92 Å². The number of aromatic nitrogens is 2. The summed E-state index contributed by atoms with van der Waals surface area (Å²) in [6.45, 7) is 8.49. The fourth-order valence-electron chi connectivity index (χ4n) is 2.25. The Morgan fingerprint density at radius 1 is 1.25 bits per heavy atom. The molecule has 3 nitrogen and oxygen atoms in total. The smallest absolute Gasteiger partial charge is 0.260 e. The van der Waals surface area contributed by atoms with Gasteiger partial charge in [0.2, 0.25) is 0 Å². The highest BCUT2D eigenvalue weighted by molar-refractivity contribution is 5.96. The molecule has 0 radical (unpaired) electrons. The second-order valence-electron chi connectivity index (χ2n) is 5.52. The first kappa shape index (κ1) is 17.5. The number of alkyl halides is 2. The number of nitrogens with zero attached hydrogens (tertiary/aromatic N) is 3. The lowest BCUT2D eigenvalue weighted by molar-refractivity contribution is 0.0521. The summed E-state index contributed by atoms with van der Waals surface area (Å²) in [4.78, 5) is 8.31. The Labute approximate surface area is 140 Å². The molecule has 0 spiro atoms. The number of pyridine rings is 2. The summed E-state index contributed by atoms with van der Waals surface area (Å²) < 4.78 is 27.7. The molecule has 2 aromatic rings. The molecule has 0 saturated heterocycles. The van der Waals surface area contributed by atoms with Crippen molar-refractivity contribution in [1.82, 2.24) is 9.97 Å². The van der Waals surface area contributed by atoms with Crippen molar-refractivity contribution in [3.63, 3.8) is 0 Å². The van der Waals surface area contributed by atoms with Crippen molar-refractivity contribution in [2.75, 3.05) is 0 Å². The van der Waals surface area contributed by atoms with E-state index in [1.165, 1.54) is 6.07 Å². The first-order chi connectivity index (χ1) is 11.3. The highest BCUT2D eigenvalue weighted by atomic mass is 19.3. The highest BCUT2D eigenvalue weighted by Gasteiger charge is 2.28. The standard InChI is InChI=1S/C19H17F2N3/c1-5-19(20,21)15-8-16(14(4)23-11-15)17(9-22)13(3)18-7-6-12(2)10-24-18/h5-8,10-11H,1H2,2-4H3/b17-13+. The molecule has 0 aliphatic carbocycles. The van der Waals surface area contributed by atoms with Crippen LogP contribution in [0.4, 0.5) is 8.78 Å². The molecule has 24 heavy (non-hydrogen) atoms. The molecule has 5 heteroatoms. The van der Waals surface area contributed by atoms with E-state index in [-0.39, 0.29) is 11.1 Å². The van der Waals surface area contributed by atoms with Gasteiger partial charge in [-0.1, -0.05) is 12.6 Å². The van der Waals surface area contributed by atoms with E-state index in [0.717, 1.165) is 11.8 Å². The Kier molecular flexibility index (Phi) is 4.89. The highest BCUT2D eigenvalue weighted by Crippen LogP contribution is 2.33. The predicted molar refractivity (Wildman–Crippen MR) is 90.1 cm³/mol. The summed E-state index contributed by atoms with van der Waals surface area (Å²) in [6, 6.07) is 7.07. The lowest BCUT2D eigenvalue weighted by Crippen LogP contribution is -2.11. The van der Waals surface area contributed by atoms with Gasteiger partial charge in [0, 0.05) is 29.2 Å². The number of rotatable bonds is 4. The van der Waals surface area contributed by atoms with Crippen LogP contribution < -0.4 is 0 Å². The van der Waals surface area contributed by atoms with Gasteiger partial charge in [0.15, 0.2) is 0 Å². The second-order valence-corrected chi connectivity index (χ2v) is 5.52. The predicted octanol–water partition coefficient (Wildman–Crippen LogP) is 4.83. The maximum Gasteiger partial charge on any atom is 0.292 e. The van der Waals surface area contributed by atoms with Gasteiger partial charge >= 0.3 is 0 Å². The molecule has 2 aromatic heterocycles. The van der Waals surface area contributed by atoms with Gasteiger partial charge in [-0.25, -0.2) is 0 Å². The van der Waals surface area contributed by atoms with Gasteiger partial charge in [0.05, 0.1) is 11.3 Å². The zero-order chi connectivity index (χ0) is 17.9. The number of allylic oxidation sites excluding steroid dienone is 3. The minimum atomic E-state index is -3.20. The van der Waals surface area contributed by atoms with Crippen LogP contribution in [0.15, 0.2) is 43.2 Å². The van der Waals surface area contributed by atoms with Crippen LogP contribution in [-0.4, -0.2) is 9.97 Å². The van der Waals surface area contributed by atoms with E-state index in [9.17, 15) is 14.0 Å². The van der Waals surface area contributed by atoms with E-state index in [0.29, 0.717) is 28.6 Å². The summed E-state index contributed by atoms with van der Waals surface area (Å²) in [5, 5.41) is 9.57. The molecule has 0 N–H and O–H groups in total. The summed E-state index contributed by atoms with van der Waals surface area (Å²) in [5.74, 6) is -3.20. The van der Waals surface area contributed by atoms with Crippen molar-refractivity contribution < 1.29 is 8.78 Å². The Bertz CT molecular complexity index is 844. The average molecular weight is 325 g/mol. The van der Waals surface area contributed by atoms with Gasteiger partial charge < -0.3 is 0 Å². The van der Waals surface area contributed by atoms with Crippen LogP contribution in [0.3, 0.4) is 0 Å². The van der Waals surface area contributed by atoms with Crippen molar-refractivity contribution >= 4 is 11.1 Å². The van der Waals surface area contributed by atoms with Gasteiger partial charge in [0.25, 0.3) is 5.92 Å². The minimum absolute atomic E-state index is 0.276. The monoisotopic (exact) mass is 325 g/mol. The molecule has 2 rings (SSSR count). The zero-order valence-electron chi connectivity index (χ0n) is 13.8. The molecule has 0 atom stereocenters. The Morgan fingerprint density at radius 3 is 2.50 bits per heavy atom. The molecule has 0 saturated carbocycles. The Balaban J connectivity index is 2.65. The van der Waals surface area contributed by atoms with Crippen molar-refractivity contribution in [3.05, 3.63) is 71.3 Å². The number of aryl methyl sites for hydroxylation is 2. The second kappa shape index (κ2) is 6.71. The molecule has 0 bridgehead atoms. The first-order valence-corrected chi connectivity index (χ1v) is 7.33. The molecule has 0 aliphatic heterocycles. The lowest BCUT2D eigenvalue weighted by Gasteiger charge is -2.14. The number of halogens is 2. The van der Waals surface area contributed by atoms with Crippen LogP contribution in [0.1, 0.15) is 35.0 Å². The van der Waals surface area contributed by atoms with Crippen LogP contribution in [0, 0.1) is 25.2 Å². The van der Waals surface area contributed by atoms with Crippen molar-refractivity contribution in [3.8, 4) is 6.07 Å². The van der Waals surface area contributed by atoms with Crippen LogP contribution in [0.5, 0.6) is 0 Å². The number of hydrogen-bond acceptors (Lipinski definition) is 3. The van der Waals surface area contributed by atoms with Crippen LogP contribution in [0.2, 0.25) is 0 Å². The van der Waals surface area contributed by atoms with Gasteiger partial charge in [-0.15, -0.1) is 0 Å². The van der Waals surface area contributed by atoms with Gasteiger partial charge in [-0.05, 0) is 50.1 Å². The third-order valence-electron chi connectivity index (χ3n) is 3.78. The quantitative estimate of drug-likeness (QED) is 0.598. The number of hydrogen-bond donors (Lipinski definition) is 0. The van der Waals surface area contributed by atoms with E-state index in [1.54, 1.807) is 26.1 Å².